The van der Waals surface area contributed by atoms with Gasteiger partial charge >= 0.3 is 0 Å². The molecule has 1 N–H and O–H groups in total. The molecule has 3 aromatic rings. The Hall–Kier alpha value is -1.52. The van der Waals surface area contributed by atoms with Crippen molar-refractivity contribution in [2.24, 2.45) is 5.92 Å². The van der Waals surface area contributed by atoms with Crippen LogP contribution < -0.4 is 10.2 Å². The van der Waals surface area contributed by atoms with E-state index in [1.165, 1.54) is 23.9 Å². The summed E-state index contributed by atoms with van der Waals surface area (Å²) in [6.45, 7) is 10.9. The number of hydrogen-bond acceptors (Lipinski definition) is 3. The summed E-state index contributed by atoms with van der Waals surface area (Å²) in [6.07, 6.45) is 2.50. The van der Waals surface area contributed by atoms with Gasteiger partial charge in [0.05, 0.1) is 11.2 Å². The second-order valence-electron chi connectivity index (χ2n) is 7.68. The van der Waals surface area contributed by atoms with Crippen molar-refractivity contribution in [2.75, 3.05) is 31.1 Å². The maximum absolute atomic E-state index is 6.22. The van der Waals surface area contributed by atoms with E-state index in [-0.39, 0.29) is 24.8 Å². The van der Waals surface area contributed by atoms with Crippen LogP contribution in [0.15, 0.2) is 54.6 Å². The first kappa shape index (κ1) is 27.5. The Morgan fingerprint density at radius 2 is 1.61 bits per heavy atom. The molecule has 1 saturated heterocycles. The van der Waals surface area contributed by atoms with Crippen LogP contribution in [-0.4, -0.2) is 31.2 Å². The third kappa shape index (κ3) is 7.54. The predicted molar refractivity (Wildman–Crippen MR) is 142 cm³/mol. The lowest BCUT2D eigenvalue weighted by molar-refractivity contribution is 0.439. The van der Waals surface area contributed by atoms with Crippen molar-refractivity contribution in [1.29, 1.82) is 0 Å². The van der Waals surface area contributed by atoms with E-state index in [9.17, 15) is 0 Å². The summed E-state index contributed by atoms with van der Waals surface area (Å²) in [7, 11) is 0. The van der Waals surface area contributed by atoms with Crippen molar-refractivity contribution in [3.63, 3.8) is 0 Å². The van der Waals surface area contributed by atoms with Crippen LogP contribution in [0.1, 0.15) is 33.6 Å². The molecule has 6 heteroatoms. The molecule has 1 aliphatic rings. The first-order valence-corrected chi connectivity index (χ1v) is 11.1. The molecule has 170 valence electrons. The number of rotatable bonds is 4. The van der Waals surface area contributed by atoms with E-state index in [1.807, 2.05) is 18.2 Å². The number of piperidine rings is 1. The minimum atomic E-state index is 0. The van der Waals surface area contributed by atoms with Gasteiger partial charge in [-0.05, 0) is 56.1 Å². The van der Waals surface area contributed by atoms with Gasteiger partial charge in [-0.15, -0.1) is 24.8 Å². The zero-order chi connectivity index (χ0) is 20.6. The van der Waals surface area contributed by atoms with Gasteiger partial charge in [-0.1, -0.05) is 62.7 Å². The summed E-state index contributed by atoms with van der Waals surface area (Å²) in [5, 5.41) is 5.03. The molecule has 31 heavy (non-hydrogen) atoms. The zero-order valence-corrected chi connectivity index (χ0v) is 21.0. The van der Waals surface area contributed by atoms with Crippen molar-refractivity contribution in [3.8, 4) is 11.3 Å². The highest BCUT2D eigenvalue weighted by molar-refractivity contribution is 6.31. The Balaban J connectivity index is 0.000000622. The fourth-order valence-electron chi connectivity index (χ4n) is 3.70. The lowest BCUT2D eigenvalue weighted by Crippen LogP contribution is -2.32. The summed E-state index contributed by atoms with van der Waals surface area (Å²) in [6, 6.07) is 18.6. The number of nitrogens with one attached hydrogen (secondary N) is 1. The molecular weight excluding hydrogens is 449 g/mol. The van der Waals surface area contributed by atoms with Crippen LogP contribution in [0.5, 0.6) is 0 Å². The third-order valence-corrected chi connectivity index (χ3v) is 5.68. The Morgan fingerprint density at radius 3 is 2.19 bits per heavy atom. The number of fused-ring (bicyclic) bond motifs is 1. The number of nitrogens with zero attached hydrogens (tertiary/aromatic N) is 2. The summed E-state index contributed by atoms with van der Waals surface area (Å²) in [5.74, 6) is 0.817. The third-order valence-electron chi connectivity index (χ3n) is 5.44. The maximum atomic E-state index is 6.22. The maximum Gasteiger partial charge on any atom is 0.0745 e. The van der Waals surface area contributed by atoms with Crippen LogP contribution >= 0.6 is 36.4 Å². The number of benzene rings is 2. The highest BCUT2D eigenvalue weighted by Crippen LogP contribution is 2.34. The standard InChI is InChI=1S/C21H21ClN2.C4H11N.2ClH/c1-15-9-11-24(12-10-15)21-14-19(16-5-3-2-4-6-16)23-20-13-17(22)7-8-18(20)21;1-3-5-4-2;;/h2-8,13-15H,9-12H2,1H3;5H,3-4H2,1-2H3;2*1H. The van der Waals surface area contributed by atoms with Gasteiger partial charge in [-0.25, -0.2) is 4.98 Å². The molecule has 2 aromatic carbocycles. The van der Waals surface area contributed by atoms with Crippen molar-refractivity contribution in [1.82, 2.24) is 10.3 Å². The molecule has 0 bridgehead atoms. The van der Waals surface area contributed by atoms with Crippen LogP contribution in [0.25, 0.3) is 22.2 Å². The molecule has 1 fully saturated rings. The van der Waals surface area contributed by atoms with Crippen LogP contribution in [-0.2, 0) is 0 Å². The summed E-state index contributed by atoms with van der Waals surface area (Å²) >= 11 is 6.22. The number of anilines is 1. The molecule has 0 atom stereocenters. The predicted octanol–water partition coefficient (Wildman–Crippen LogP) is 7.25. The molecular formula is C25H34Cl3N3. The quantitative estimate of drug-likeness (QED) is 0.424. The van der Waals surface area contributed by atoms with Gasteiger partial charge in [0.1, 0.15) is 0 Å². The molecule has 1 aliphatic heterocycles. The number of pyridine rings is 1. The fourth-order valence-corrected chi connectivity index (χ4v) is 3.87. The topological polar surface area (TPSA) is 28.2 Å². The second-order valence-corrected chi connectivity index (χ2v) is 8.12. The van der Waals surface area contributed by atoms with Crippen LogP contribution in [0, 0.1) is 5.92 Å². The lowest BCUT2D eigenvalue weighted by Gasteiger charge is -2.33. The SMILES string of the molecule is CC1CCN(c2cc(-c3ccccc3)nc3cc(Cl)ccc23)CC1.CCNCC.Cl.Cl. The largest absolute Gasteiger partial charge is 0.371 e. The Kier molecular flexibility index (Phi) is 12.2. The van der Waals surface area contributed by atoms with Crippen LogP contribution in [0.2, 0.25) is 5.02 Å². The molecule has 0 radical (unpaired) electrons. The smallest absolute Gasteiger partial charge is 0.0745 e. The Morgan fingerprint density at radius 1 is 0.968 bits per heavy atom. The fraction of sp³-hybridized carbons (Fsp3) is 0.400. The van der Waals surface area contributed by atoms with E-state index in [4.69, 9.17) is 16.6 Å². The van der Waals surface area contributed by atoms with E-state index < -0.39 is 0 Å². The van der Waals surface area contributed by atoms with Gasteiger partial charge in [0.2, 0.25) is 0 Å². The van der Waals surface area contributed by atoms with Crippen molar-refractivity contribution in [2.45, 2.75) is 33.6 Å². The highest BCUT2D eigenvalue weighted by Gasteiger charge is 2.19. The number of hydrogen-bond donors (Lipinski definition) is 1. The first-order valence-electron chi connectivity index (χ1n) is 10.7. The average molecular weight is 483 g/mol. The summed E-state index contributed by atoms with van der Waals surface area (Å²) in [4.78, 5) is 7.37. The number of halogens is 3. The van der Waals surface area contributed by atoms with E-state index in [0.29, 0.717) is 0 Å². The highest BCUT2D eigenvalue weighted by atomic mass is 35.5. The minimum absolute atomic E-state index is 0. The Labute approximate surface area is 204 Å². The van der Waals surface area contributed by atoms with E-state index in [2.05, 4.69) is 67.4 Å². The van der Waals surface area contributed by atoms with Gasteiger partial charge < -0.3 is 10.2 Å². The second kappa shape index (κ2) is 13.8. The summed E-state index contributed by atoms with van der Waals surface area (Å²) in [5.41, 5.74) is 4.41. The van der Waals surface area contributed by atoms with Gasteiger partial charge in [0, 0.05) is 34.7 Å². The van der Waals surface area contributed by atoms with Gasteiger partial charge in [-0.3, -0.25) is 0 Å². The molecule has 0 unspecified atom stereocenters. The molecule has 0 amide bonds. The lowest BCUT2D eigenvalue weighted by atomic mass is 9.98. The van der Waals surface area contributed by atoms with Crippen molar-refractivity contribution in [3.05, 3.63) is 59.6 Å². The van der Waals surface area contributed by atoms with Crippen molar-refractivity contribution < 1.29 is 0 Å². The zero-order valence-electron chi connectivity index (χ0n) is 18.6. The van der Waals surface area contributed by atoms with Crippen LogP contribution in [0.4, 0.5) is 5.69 Å². The molecule has 0 saturated carbocycles. The number of aromatic nitrogens is 1. The minimum Gasteiger partial charge on any atom is -0.371 e. The van der Waals surface area contributed by atoms with E-state index in [1.54, 1.807) is 0 Å². The molecule has 2 heterocycles. The van der Waals surface area contributed by atoms with E-state index in [0.717, 1.165) is 53.9 Å². The molecule has 1 aromatic heterocycles. The molecule has 3 nitrogen and oxygen atoms in total. The average Bonchev–Trinajstić information content (AvgIpc) is 2.75. The normalized spacial score (nSPS) is 13.6. The van der Waals surface area contributed by atoms with E-state index >= 15 is 0 Å². The van der Waals surface area contributed by atoms with Crippen molar-refractivity contribution >= 4 is 53.0 Å². The molecule has 0 spiro atoms. The van der Waals surface area contributed by atoms with Crippen LogP contribution in [0.3, 0.4) is 0 Å². The Bertz CT molecular complexity index is 909. The molecule has 4 rings (SSSR count). The first-order chi connectivity index (χ1) is 14.1. The molecule has 0 aliphatic carbocycles. The van der Waals surface area contributed by atoms with Gasteiger partial charge in [0.15, 0.2) is 0 Å². The monoisotopic (exact) mass is 481 g/mol. The summed E-state index contributed by atoms with van der Waals surface area (Å²) < 4.78 is 0. The van der Waals surface area contributed by atoms with Gasteiger partial charge in [-0.2, -0.15) is 0 Å². The van der Waals surface area contributed by atoms with Gasteiger partial charge in [0.25, 0.3) is 0 Å².